The number of fused-ring (bicyclic) bond motifs is 1. The van der Waals surface area contributed by atoms with Crippen LogP contribution in [0.25, 0.3) is 10.2 Å². The van der Waals surface area contributed by atoms with Gasteiger partial charge < -0.3 is 10.6 Å². The van der Waals surface area contributed by atoms with Crippen molar-refractivity contribution in [1.29, 1.82) is 0 Å². The standard InChI is InChI=1S/C14H19N3S/c1-9(2)10-5-6-17(8-10)14-16-12-4-3-11(15)7-13(12)18-14/h3-4,7,9-10H,5-6,8,15H2,1-2H3. The van der Waals surface area contributed by atoms with Crippen LogP contribution in [0.1, 0.15) is 20.3 Å². The Labute approximate surface area is 112 Å². The summed E-state index contributed by atoms with van der Waals surface area (Å²) in [6.07, 6.45) is 1.29. The number of hydrogen-bond donors (Lipinski definition) is 1. The summed E-state index contributed by atoms with van der Waals surface area (Å²) < 4.78 is 1.19. The van der Waals surface area contributed by atoms with Crippen LogP contribution < -0.4 is 10.6 Å². The van der Waals surface area contributed by atoms with E-state index in [1.165, 1.54) is 11.1 Å². The summed E-state index contributed by atoms with van der Waals surface area (Å²) in [5.74, 6) is 1.57. The van der Waals surface area contributed by atoms with Gasteiger partial charge in [-0.15, -0.1) is 0 Å². The quantitative estimate of drug-likeness (QED) is 0.843. The topological polar surface area (TPSA) is 42.2 Å². The summed E-state index contributed by atoms with van der Waals surface area (Å²) in [7, 11) is 0. The molecule has 0 aliphatic carbocycles. The molecule has 0 bridgehead atoms. The van der Waals surface area contributed by atoms with E-state index in [4.69, 9.17) is 10.7 Å². The number of aromatic nitrogens is 1. The van der Waals surface area contributed by atoms with Gasteiger partial charge in [-0.3, -0.25) is 0 Å². The minimum atomic E-state index is 0.764. The number of thiazole rings is 1. The Kier molecular flexibility index (Phi) is 2.90. The molecule has 1 saturated heterocycles. The molecule has 1 aliphatic heterocycles. The summed E-state index contributed by atoms with van der Waals surface area (Å²) in [4.78, 5) is 7.14. The number of anilines is 2. The Morgan fingerprint density at radius 3 is 3.00 bits per heavy atom. The monoisotopic (exact) mass is 261 g/mol. The Bertz CT molecular complexity index is 561. The third kappa shape index (κ3) is 2.05. The molecule has 96 valence electrons. The van der Waals surface area contributed by atoms with E-state index in [1.807, 2.05) is 18.2 Å². The van der Waals surface area contributed by atoms with Gasteiger partial charge in [0.25, 0.3) is 0 Å². The third-order valence-electron chi connectivity index (χ3n) is 3.84. The fourth-order valence-electron chi connectivity index (χ4n) is 2.57. The lowest BCUT2D eigenvalue weighted by molar-refractivity contribution is 0.423. The summed E-state index contributed by atoms with van der Waals surface area (Å²) in [6, 6.07) is 5.96. The molecule has 1 fully saturated rings. The van der Waals surface area contributed by atoms with Crippen molar-refractivity contribution in [3.63, 3.8) is 0 Å². The van der Waals surface area contributed by atoms with Crippen LogP contribution >= 0.6 is 11.3 Å². The molecule has 1 atom stereocenters. The molecule has 0 amide bonds. The first-order chi connectivity index (χ1) is 8.63. The lowest BCUT2D eigenvalue weighted by Gasteiger charge is -2.16. The van der Waals surface area contributed by atoms with Crippen molar-refractivity contribution in [2.45, 2.75) is 20.3 Å². The highest BCUT2D eigenvalue weighted by atomic mass is 32.1. The van der Waals surface area contributed by atoms with Crippen LogP contribution in [0.4, 0.5) is 10.8 Å². The third-order valence-corrected chi connectivity index (χ3v) is 4.92. The normalized spacial score (nSPS) is 20.2. The van der Waals surface area contributed by atoms with Gasteiger partial charge in [0.15, 0.2) is 5.13 Å². The summed E-state index contributed by atoms with van der Waals surface area (Å²) >= 11 is 1.76. The minimum absolute atomic E-state index is 0.764. The van der Waals surface area contributed by atoms with Gasteiger partial charge in [0.05, 0.1) is 10.2 Å². The maximum absolute atomic E-state index is 5.81. The van der Waals surface area contributed by atoms with Crippen molar-refractivity contribution in [1.82, 2.24) is 4.98 Å². The second-order valence-corrected chi connectivity index (χ2v) is 6.47. The Hall–Kier alpha value is -1.29. The molecule has 4 heteroatoms. The number of benzene rings is 1. The number of rotatable bonds is 2. The molecular weight excluding hydrogens is 242 g/mol. The van der Waals surface area contributed by atoms with Gasteiger partial charge in [-0.2, -0.15) is 0 Å². The van der Waals surface area contributed by atoms with Crippen molar-refractivity contribution < 1.29 is 0 Å². The first-order valence-corrected chi connectivity index (χ1v) is 7.36. The molecule has 3 nitrogen and oxygen atoms in total. The molecule has 2 aromatic rings. The summed E-state index contributed by atoms with van der Waals surface area (Å²) in [5.41, 5.74) is 7.70. The average Bonchev–Trinajstić information content (AvgIpc) is 2.93. The number of hydrogen-bond acceptors (Lipinski definition) is 4. The van der Waals surface area contributed by atoms with E-state index in [0.717, 1.165) is 41.3 Å². The molecular formula is C14H19N3S. The van der Waals surface area contributed by atoms with E-state index in [-0.39, 0.29) is 0 Å². The molecule has 0 radical (unpaired) electrons. The summed E-state index contributed by atoms with van der Waals surface area (Å²) in [5, 5.41) is 1.15. The zero-order valence-electron chi connectivity index (χ0n) is 10.9. The zero-order valence-corrected chi connectivity index (χ0v) is 11.7. The number of nitrogens with two attached hydrogens (primary N) is 1. The first kappa shape index (κ1) is 11.8. The molecule has 1 aromatic heterocycles. The fraction of sp³-hybridized carbons (Fsp3) is 0.500. The zero-order chi connectivity index (χ0) is 12.7. The van der Waals surface area contributed by atoms with Gasteiger partial charge in [0.1, 0.15) is 0 Å². The number of nitrogen functional groups attached to an aromatic ring is 1. The van der Waals surface area contributed by atoms with Crippen molar-refractivity contribution in [2.75, 3.05) is 23.7 Å². The van der Waals surface area contributed by atoms with Gasteiger partial charge >= 0.3 is 0 Å². The Morgan fingerprint density at radius 2 is 2.28 bits per heavy atom. The molecule has 1 unspecified atom stereocenters. The maximum Gasteiger partial charge on any atom is 0.186 e. The highest BCUT2D eigenvalue weighted by molar-refractivity contribution is 7.22. The van der Waals surface area contributed by atoms with E-state index < -0.39 is 0 Å². The van der Waals surface area contributed by atoms with Gasteiger partial charge in [-0.25, -0.2) is 4.98 Å². The van der Waals surface area contributed by atoms with E-state index in [1.54, 1.807) is 11.3 Å². The van der Waals surface area contributed by atoms with Crippen LogP contribution in [0.5, 0.6) is 0 Å². The van der Waals surface area contributed by atoms with Crippen molar-refractivity contribution >= 4 is 32.4 Å². The lowest BCUT2D eigenvalue weighted by Crippen LogP contribution is -2.20. The Balaban J connectivity index is 1.87. The van der Waals surface area contributed by atoms with Crippen LogP contribution in [0.3, 0.4) is 0 Å². The van der Waals surface area contributed by atoms with Gasteiger partial charge in [0.2, 0.25) is 0 Å². The molecule has 1 aliphatic rings. The highest BCUT2D eigenvalue weighted by Gasteiger charge is 2.26. The van der Waals surface area contributed by atoms with Gasteiger partial charge in [-0.05, 0) is 36.5 Å². The molecule has 3 rings (SSSR count). The van der Waals surface area contributed by atoms with Crippen molar-refractivity contribution in [3.8, 4) is 0 Å². The van der Waals surface area contributed by atoms with Crippen LogP contribution in [0, 0.1) is 11.8 Å². The second-order valence-electron chi connectivity index (χ2n) is 5.46. The SMILES string of the molecule is CC(C)C1CCN(c2nc3ccc(N)cc3s2)C1. The predicted octanol–water partition coefficient (Wildman–Crippen LogP) is 3.36. The molecule has 0 saturated carbocycles. The molecule has 2 N–H and O–H groups in total. The Morgan fingerprint density at radius 1 is 1.44 bits per heavy atom. The summed E-state index contributed by atoms with van der Waals surface area (Å²) in [6.45, 7) is 6.91. The van der Waals surface area contributed by atoms with Crippen LogP contribution in [-0.2, 0) is 0 Å². The average molecular weight is 261 g/mol. The molecule has 18 heavy (non-hydrogen) atoms. The van der Waals surface area contributed by atoms with Crippen molar-refractivity contribution in [3.05, 3.63) is 18.2 Å². The second kappa shape index (κ2) is 4.43. The fourth-order valence-corrected chi connectivity index (χ4v) is 3.62. The molecule has 1 aromatic carbocycles. The molecule has 0 spiro atoms. The van der Waals surface area contributed by atoms with Crippen LogP contribution in [-0.4, -0.2) is 18.1 Å². The smallest absolute Gasteiger partial charge is 0.186 e. The van der Waals surface area contributed by atoms with Crippen LogP contribution in [0.2, 0.25) is 0 Å². The van der Waals surface area contributed by atoms with E-state index in [0.29, 0.717) is 0 Å². The van der Waals surface area contributed by atoms with Crippen LogP contribution in [0.15, 0.2) is 18.2 Å². The predicted molar refractivity (Wildman–Crippen MR) is 79.2 cm³/mol. The van der Waals surface area contributed by atoms with Gasteiger partial charge in [0, 0.05) is 18.8 Å². The highest BCUT2D eigenvalue weighted by Crippen LogP contribution is 2.34. The number of nitrogens with zero attached hydrogens (tertiary/aromatic N) is 2. The lowest BCUT2D eigenvalue weighted by atomic mass is 9.95. The molecule has 2 heterocycles. The van der Waals surface area contributed by atoms with E-state index in [9.17, 15) is 0 Å². The first-order valence-electron chi connectivity index (χ1n) is 6.54. The largest absolute Gasteiger partial charge is 0.399 e. The van der Waals surface area contributed by atoms with Crippen molar-refractivity contribution in [2.24, 2.45) is 11.8 Å². The maximum atomic E-state index is 5.81. The minimum Gasteiger partial charge on any atom is -0.399 e. The van der Waals surface area contributed by atoms with E-state index in [2.05, 4.69) is 18.7 Å². The van der Waals surface area contributed by atoms with E-state index >= 15 is 0 Å². The van der Waals surface area contributed by atoms with Gasteiger partial charge in [-0.1, -0.05) is 25.2 Å².